The third-order valence-electron chi connectivity index (χ3n) is 5.27. The van der Waals surface area contributed by atoms with E-state index in [1.807, 2.05) is 0 Å². The molecule has 0 aliphatic heterocycles. The summed E-state index contributed by atoms with van der Waals surface area (Å²) in [6, 6.07) is 18.7. The van der Waals surface area contributed by atoms with Crippen LogP contribution in [-0.2, 0) is 18.4 Å². The number of anilines is 1. The van der Waals surface area contributed by atoms with E-state index >= 15 is 0 Å². The van der Waals surface area contributed by atoms with Gasteiger partial charge in [0, 0.05) is 26.1 Å². The molecule has 1 saturated carbocycles. The summed E-state index contributed by atoms with van der Waals surface area (Å²) in [6.07, 6.45) is 1.00. The van der Waals surface area contributed by atoms with Crippen LogP contribution in [-0.4, -0.2) is 16.7 Å². The van der Waals surface area contributed by atoms with E-state index in [-0.39, 0.29) is 29.8 Å². The Morgan fingerprint density at radius 1 is 1.11 bits per heavy atom. The molecule has 1 aromatic heterocycles. The van der Waals surface area contributed by atoms with Crippen molar-refractivity contribution in [1.82, 2.24) is 9.55 Å². The first-order valence-electron chi connectivity index (χ1n) is 9.08. The molecule has 1 aliphatic rings. The lowest BCUT2D eigenvalue weighted by Crippen LogP contribution is -2.21. The Balaban J connectivity index is 0.00000225. The first-order valence-corrected chi connectivity index (χ1v) is 9.08. The third-order valence-corrected chi connectivity index (χ3v) is 5.27. The zero-order valence-corrected chi connectivity index (χ0v) is 16.8. The molecule has 1 aliphatic carbocycles. The van der Waals surface area contributed by atoms with Gasteiger partial charge in [-0.1, -0.05) is 42.5 Å². The summed E-state index contributed by atoms with van der Waals surface area (Å²) in [5.41, 5.74) is 11.3. The van der Waals surface area contributed by atoms with Gasteiger partial charge in [-0.3, -0.25) is 9.36 Å². The maximum Gasteiger partial charge on any atom is 0.254 e. The van der Waals surface area contributed by atoms with Crippen LogP contribution in [0, 0.1) is 0 Å². The number of hydrogen-bond donors (Lipinski definition) is 1. The van der Waals surface area contributed by atoms with E-state index < -0.39 is 0 Å². The van der Waals surface area contributed by atoms with Crippen LogP contribution < -0.4 is 11.3 Å². The molecule has 4 rings (SSSR count). The number of nitrogens with two attached hydrogens (primary N) is 1. The lowest BCUT2D eigenvalue weighted by atomic mass is 10.00. The van der Waals surface area contributed by atoms with Crippen LogP contribution in [0.5, 0.6) is 0 Å². The minimum atomic E-state index is -0.102. The van der Waals surface area contributed by atoms with E-state index in [4.69, 9.17) is 10.5 Å². The van der Waals surface area contributed by atoms with Crippen molar-refractivity contribution in [2.45, 2.75) is 24.9 Å². The van der Waals surface area contributed by atoms with Gasteiger partial charge in [0.15, 0.2) is 0 Å². The normalized spacial score (nSPS) is 17.8. The summed E-state index contributed by atoms with van der Waals surface area (Å²) >= 11 is 0. The van der Waals surface area contributed by atoms with Crippen LogP contribution >= 0.6 is 12.4 Å². The van der Waals surface area contributed by atoms with E-state index in [1.165, 1.54) is 21.3 Å². The van der Waals surface area contributed by atoms with E-state index in [2.05, 4.69) is 53.5 Å². The molecule has 3 aromatic rings. The maximum atomic E-state index is 11.9. The first kappa shape index (κ1) is 20.1. The van der Waals surface area contributed by atoms with Crippen molar-refractivity contribution in [2.24, 2.45) is 7.05 Å². The second-order valence-corrected chi connectivity index (χ2v) is 7.14. The zero-order chi connectivity index (χ0) is 19.0. The number of nitrogens with zero attached hydrogens (tertiary/aromatic N) is 2. The molecule has 0 unspecified atom stereocenters. The molecule has 2 N–H and O–H groups in total. The standard InChI is InChI=1S/C22H23N3O2.ClH/c1-25-21(26)12-20(24-22(25)23)19-11-18(19)16-8-6-15(7-9-16)17-5-3-4-14(10-17)13-27-2;/h3-10,12,18-19H,11,13H2,1-2H3,(H2,23,24);1H/t18-,19-;/m0./s1. The van der Waals surface area contributed by atoms with E-state index in [1.54, 1.807) is 20.2 Å². The Kier molecular flexibility index (Phi) is 5.87. The predicted molar refractivity (Wildman–Crippen MR) is 114 cm³/mol. The molecule has 0 saturated heterocycles. The molecule has 5 nitrogen and oxygen atoms in total. The van der Waals surface area contributed by atoms with Crippen LogP contribution in [0.2, 0.25) is 0 Å². The molecule has 6 heteroatoms. The molecule has 1 fully saturated rings. The fraction of sp³-hybridized carbons (Fsp3) is 0.273. The number of ether oxygens (including phenoxy) is 1. The Labute approximate surface area is 170 Å². The van der Waals surface area contributed by atoms with Crippen LogP contribution in [0.15, 0.2) is 59.4 Å². The zero-order valence-electron chi connectivity index (χ0n) is 16.0. The second-order valence-electron chi connectivity index (χ2n) is 7.14. The largest absolute Gasteiger partial charge is 0.380 e. The predicted octanol–water partition coefficient (Wildman–Crippen LogP) is 3.87. The summed E-state index contributed by atoms with van der Waals surface area (Å²) in [5.74, 6) is 0.949. The molecule has 0 amide bonds. The summed E-state index contributed by atoms with van der Waals surface area (Å²) in [4.78, 5) is 16.3. The van der Waals surface area contributed by atoms with Crippen LogP contribution in [0.1, 0.15) is 35.1 Å². The number of methoxy groups -OCH3 is 1. The number of nitrogen functional groups attached to an aromatic ring is 1. The number of benzene rings is 2. The van der Waals surface area contributed by atoms with Crippen molar-refractivity contribution < 1.29 is 4.74 Å². The summed E-state index contributed by atoms with van der Waals surface area (Å²) in [5, 5.41) is 0. The van der Waals surface area contributed by atoms with Crippen LogP contribution in [0.4, 0.5) is 5.95 Å². The Bertz CT molecular complexity index is 1030. The lowest BCUT2D eigenvalue weighted by molar-refractivity contribution is 0.185. The Hall–Kier alpha value is -2.63. The van der Waals surface area contributed by atoms with E-state index in [0.717, 1.165) is 17.7 Å². The fourth-order valence-corrected chi connectivity index (χ4v) is 3.59. The van der Waals surface area contributed by atoms with Crippen LogP contribution in [0.3, 0.4) is 0 Å². The van der Waals surface area contributed by atoms with Crippen molar-refractivity contribution in [3.8, 4) is 11.1 Å². The van der Waals surface area contributed by atoms with Gasteiger partial charge >= 0.3 is 0 Å². The second kappa shape index (κ2) is 8.17. The molecule has 0 spiro atoms. The average Bonchev–Trinajstić information content (AvgIpc) is 3.47. The first-order chi connectivity index (χ1) is 13.1. The number of halogens is 1. The molecular formula is C22H24ClN3O2. The molecule has 28 heavy (non-hydrogen) atoms. The highest BCUT2D eigenvalue weighted by Crippen LogP contribution is 2.54. The van der Waals surface area contributed by atoms with Gasteiger partial charge < -0.3 is 10.5 Å². The minimum Gasteiger partial charge on any atom is -0.380 e. The molecule has 2 aromatic carbocycles. The monoisotopic (exact) mass is 397 g/mol. The molecule has 1 heterocycles. The number of hydrogen-bond acceptors (Lipinski definition) is 4. The van der Waals surface area contributed by atoms with Crippen LogP contribution in [0.25, 0.3) is 11.1 Å². The van der Waals surface area contributed by atoms with Gasteiger partial charge in [0.25, 0.3) is 5.56 Å². The van der Waals surface area contributed by atoms with E-state index in [0.29, 0.717) is 12.5 Å². The maximum absolute atomic E-state index is 11.9. The topological polar surface area (TPSA) is 70.1 Å². The highest BCUT2D eigenvalue weighted by Gasteiger charge is 2.41. The van der Waals surface area contributed by atoms with Gasteiger partial charge in [-0.05, 0) is 40.7 Å². The van der Waals surface area contributed by atoms with Gasteiger partial charge in [-0.15, -0.1) is 12.4 Å². The van der Waals surface area contributed by atoms with E-state index in [9.17, 15) is 4.79 Å². The van der Waals surface area contributed by atoms with Gasteiger partial charge in [0.05, 0.1) is 12.3 Å². The lowest BCUT2D eigenvalue weighted by Gasteiger charge is -2.07. The van der Waals surface area contributed by atoms with Gasteiger partial charge in [0.1, 0.15) is 0 Å². The number of aromatic nitrogens is 2. The smallest absolute Gasteiger partial charge is 0.254 e. The van der Waals surface area contributed by atoms with Crippen molar-refractivity contribution in [2.75, 3.05) is 12.8 Å². The summed E-state index contributed by atoms with van der Waals surface area (Å²) in [7, 11) is 3.34. The Morgan fingerprint density at radius 3 is 2.54 bits per heavy atom. The fourth-order valence-electron chi connectivity index (χ4n) is 3.59. The minimum absolute atomic E-state index is 0. The average molecular weight is 398 g/mol. The van der Waals surface area contributed by atoms with Crippen molar-refractivity contribution in [3.05, 3.63) is 81.8 Å². The van der Waals surface area contributed by atoms with Gasteiger partial charge in [-0.25, -0.2) is 4.98 Å². The quantitative estimate of drug-likeness (QED) is 0.709. The summed E-state index contributed by atoms with van der Waals surface area (Å²) in [6.45, 7) is 0.613. The van der Waals surface area contributed by atoms with Gasteiger partial charge in [0.2, 0.25) is 5.95 Å². The molecule has 2 atom stereocenters. The summed E-state index contributed by atoms with van der Waals surface area (Å²) < 4.78 is 6.59. The molecule has 146 valence electrons. The highest BCUT2D eigenvalue weighted by atomic mass is 35.5. The SMILES string of the molecule is COCc1cccc(-c2ccc([C@@H]3C[C@@H]3c3cc(=O)n(C)c(N)n3)cc2)c1.Cl. The van der Waals surface area contributed by atoms with Crippen molar-refractivity contribution >= 4 is 18.4 Å². The van der Waals surface area contributed by atoms with Crippen molar-refractivity contribution in [1.29, 1.82) is 0 Å². The third kappa shape index (κ3) is 3.96. The molecular weight excluding hydrogens is 374 g/mol. The molecule has 0 bridgehead atoms. The Morgan fingerprint density at radius 2 is 1.86 bits per heavy atom. The highest BCUT2D eigenvalue weighted by molar-refractivity contribution is 5.85. The molecule has 0 radical (unpaired) electrons. The van der Waals surface area contributed by atoms with Crippen molar-refractivity contribution in [3.63, 3.8) is 0 Å². The van der Waals surface area contributed by atoms with Gasteiger partial charge in [-0.2, -0.15) is 0 Å². The number of rotatable bonds is 5.